The van der Waals surface area contributed by atoms with Gasteiger partial charge in [-0.1, -0.05) is 18.2 Å². The third kappa shape index (κ3) is 3.13. The lowest BCUT2D eigenvalue weighted by Crippen LogP contribution is -1.99. The summed E-state index contributed by atoms with van der Waals surface area (Å²) in [5.74, 6) is 2.39. The van der Waals surface area contributed by atoms with Crippen LogP contribution in [0.5, 0.6) is 17.2 Å². The van der Waals surface area contributed by atoms with E-state index in [-0.39, 0.29) is 0 Å². The average molecular weight is 323 g/mol. The molecule has 0 amide bonds. The molecule has 4 nitrogen and oxygen atoms in total. The molecular weight excluding hydrogens is 302 g/mol. The van der Waals surface area contributed by atoms with E-state index in [9.17, 15) is 0 Å². The van der Waals surface area contributed by atoms with Crippen LogP contribution in [0.15, 0.2) is 48.7 Å². The molecule has 0 radical (unpaired) electrons. The normalized spacial score (nSPS) is 10.6. The Bertz CT molecular complexity index is 845. The monoisotopic (exact) mass is 323 g/mol. The number of pyridine rings is 1. The Morgan fingerprint density at radius 1 is 0.833 bits per heavy atom. The van der Waals surface area contributed by atoms with E-state index in [1.54, 1.807) is 21.3 Å². The summed E-state index contributed by atoms with van der Waals surface area (Å²) in [5.41, 5.74) is 3.23. The molecule has 1 heterocycles. The molecule has 0 aliphatic heterocycles. The van der Waals surface area contributed by atoms with Crippen molar-refractivity contribution in [3.05, 3.63) is 59.8 Å². The van der Waals surface area contributed by atoms with E-state index in [4.69, 9.17) is 14.2 Å². The number of hydrogen-bond acceptors (Lipinski definition) is 4. The van der Waals surface area contributed by atoms with Gasteiger partial charge in [0.2, 0.25) is 0 Å². The number of aryl methyl sites for hydroxylation is 2. The molecule has 0 fully saturated rings. The first-order valence-electron chi connectivity index (χ1n) is 7.88. The number of hydrogen-bond donors (Lipinski definition) is 0. The Balaban J connectivity index is 1.85. The lowest BCUT2D eigenvalue weighted by molar-refractivity contribution is 0.354. The van der Waals surface area contributed by atoms with E-state index in [2.05, 4.69) is 11.1 Å². The number of fused-ring (bicyclic) bond motifs is 1. The van der Waals surface area contributed by atoms with Crippen LogP contribution in [0.1, 0.15) is 11.1 Å². The predicted octanol–water partition coefficient (Wildman–Crippen LogP) is 4.05. The summed E-state index contributed by atoms with van der Waals surface area (Å²) in [4.78, 5) is 4.54. The van der Waals surface area contributed by atoms with Crippen molar-refractivity contribution >= 4 is 10.9 Å². The molecule has 0 spiro atoms. The lowest BCUT2D eigenvalue weighted by Gasteiger charge is -2.12. The minimum atomic E-state index is 0.742. The summed E-state index contributed by atoms with van der Waals surface area (Å²) in [6.07, 6.45) is 3.62. The molecule has 0 aliphatic carbocycles. The third-order valence-electron chi connectivity index (χ3n) is 4.13. The van der Waals surface area contributed by atoms with Gasteiger partial charge in [-0.2, -0.15) is 0 Å². The summed E-state index contributed by atoms with van der Waals surface area (Å²) >= 11 is 0. The Morgan fingerprint density at radius 2 is 1.62 bits per heavy atom. The molecule has 0 atom stereocenters. The van der Waals surface area contributed by atoms with Gasteiger partial charge in [-0.05, 0) is 42.7 Å². The minimum Gasteiger partial charge on any atom is -0.496 e. The summed E-state index contributed by atoms with van der Waals surface area (Å²) in [6.45, 7) is 0. The molecule has 4 heteroatoms. The standard InChI is InChI=1S/C20H21NO3/c1-22-18-11-9-14(12-19(18)23-2)8-10-15-13-21-17-7-5-4-6-16(17)20(15)24-3/h4-7,9,11-13H,8,10H2,1-3H3. The number of ether oxygens (including phenoxy) is 3. The third-order valence-corrected chi connectivity index (χ3v) is 4.13. The molecule has 2 aromatic carbocycles. The first kappa shape index (κ1) is 16.1. The van der Waals surface area contributed by atoms with Crippen molar-refractivity contribution in [2.45, 2.75) is 12.8 Å². The Labute approximate surface area is 142 Å². The first-order chi connectivity index (χ1) is 11.8. The zero-order chi connectivity index (χ0) is 16.9. The number of aromatic nitrogens is 1. The molecular formula is C20H21NO3. The van der Waals surface area contributed by atoms with E-state index >= 15 is 0 Å². The first-order valence-corrected chi connectivity index (χ1v) is 7.88. The van der Waals surface area contributed by atoms with Gasteiger partial charge in [0.1, 0.15) is 5.75 Å². The lowest BCUT2D eigenvalue weighted by atomic mass is 10.0. The number of nitrogens with zero attached hydrogens (tertiary/aromatic N) is 1. The molecule has 0 bridgehead atoms. The molecule has 24 heavy (non-hydrogen) atoms. The maximum atomic E-state index is 5.64. The number of methoxy groups -OCH3 is 3. The van der Waals surface area contributed by atoms with E-state index < -0.39 is 0 Å². The van der Waals surface area contributed by atoms with Crippen LogP contribution in [0.4, 0.5) is 0 Å². The number of benzene rings is 2. The SMILES string of the molecule is COc1ccc(CCc2cnc3ccccc3c2OC)cc1OC. The Hall–Kier alpha value is -2.75. The van der Waals surface area contributed by atoms with E-state index in [1.165, 1.54) is 5.56 Å². The average Bonchev–Trinajstić information content (AvgIpc) is 2.65. The molecule has 3 rings (SSSR count). The highest BCUT2D eigenvalue weighted by Crippen LogP contribution is 2.31. The second-order valence-corrected chi connectivity index (χ2v) is 5.52. The van der Waals surface area contributed by atoms with Crippen molar-refractivity contribution in [1.82, 2.24) is 4.98 Å². The fourth-order valence-electron chi connectivity index (χ4n) is 2.89. The van der Waals surface area contributed by atoms with Crippen molar-refractivity contribution < 1.29 is 14.2 Å². The van der Waals surface area contributed by atoms with Crippen LogP contribution in [0.3, 0.4) is 0 Å². The minimum absolute atomic E-state index is 0.742. The van der Waals surface area contributed by atoms with Crippen molar-refractivity contribution in [3.8, 4) is 17.2 Å². The number of para-hydroxylation sites is 1. The van der Waals surface area contributed by atoms with Gasteiger partial charge >= 0.3 is 0 Å². The zero-order valence-electron chi connectivity index (χ0n) is 14.2. The molecule has 0 saturated heterocycles. The van der Waals surface area contributed by atoms with Crippen LogP contribution in [-0.4, -0.2) is 26.3 Å². The fraction of sp³-hybridized carbons (Fsp3) is 0.250. The second kappa shape index (κ2) is 7.21. The summed E-state index contributed by atoms with van der Waals surface area (Å²) in [5, 5.41) is 1.05. The molecule has 124 valence electrons. The largest absolute Gasteiger partial charge is 0.496 e. The molecule has 1 aromatic heterocycles. The Morgan fingerprint density at radius 3 is 2.38 bits per heavy atom. The highest BCUT2D eigenvalue weighted by atomic mass is 16.5. The molecule has 0 unspecified atom stereocenters. The van der Waals surface area contributed by atoms with Crippen LogP contribution in [0.2, 0.25) is 0 Å². The van der Waals surface area contributed by atoms with Gasteiger partial charge in [0.15, 0.2) is 11.5 Å². The zero-order valence-corrected chi connectivity index (χ0v) is 14.2. The van der Waals surface area contributed by atoms with Crippen molar-refractivity contribution in [3.63, 3.8) is 0 Å². The van der Waals surface area contributed by atoms with Gasteiger partial charge in [0.05, 0.1) is 26.8 Å². The van der Waals surface area contributed by atoms with Gasteiger partial charge in [0, 0.05) is 17.1 Å². The van der Waals surface area contributed by atoms with Crippen molar-refractivity contribution in [1.29, 1.82) is 0 Å². The van der Waals surface area contributed by atoms with Gasteiger partial charge in [-0.25, -0.2) is 0 Å². The van der Waals surface area contributed by atoms with E-state index in [0.29, 0.717) is 0 Å². The van der Waals surface area contributed by atoms with Crippen LogP contribution in [0, 0.1) is 0 Å². The van der Waals surface area contributed by atoms with Gasteiger partial charge in [-0.15, -0.1) is 0 Å². The molecule has 0 saturated carbocycles. The summed E-state index contributed by atoms with van der Waals surface area (Å²) in [6, 6.07) is 14.0. The highest BCUT2D eigenvalue weighted by molar-refractivity contribution is 5.86. The fourth-order valence-corrected chi connectivity index (χ4v) is 2.89. The maximum absolute atomic E-state index is 5.64. The van der Waals surface area contributed by atoms with Crippen LogP contribution < -0.4 is 14.2 Å². The summed E-state index contributed by atoms with van der Waals surface area (Å²) < 4.78 is 16.3. The number of rotatable bonds is 6. The van der Waals surface area contributed by atoms with Crippen LogP contribution in [-0.2, 0) is 12.8 Å². The van der Waals surface area contributed by atoms with Gasteiger partial charge < -0.3 is 14.2 Å². The predicted molar refractivity (Wildman–Crippen MR) is 95.2 cm³/mol. The quantitative estimate of drug-likeness (QED) is 0.686. The summed E-state index contributed by atoms with van der Waals surface area (Å²) in [7, 11) is 5.00. The van der Waals surface area contributed by atoms with E-state index in [0.717, 1.165) is 46.6 Å². The smallest absolute Gasteiger partial charge is 0.160 e. The van der Waals surface area contributed by atoms with Gasteiger partial charge in [-0.3, -0.25) is 4.98 Å². The van der Waals surface area contributed by atoms with Crippen molar-refractivity contribution in [2.75, 3.05) is 21.3 Å². The molecule has 0 aliphatic rings. The second-order valence-electron chi connectivity index (χ2n) is 5.52. The van der Waals surface area contributed by atoms with Crippen LogP contribution >= 0.6 is 0 Å². The van der Waals surface area contributed by atoms with Crippen molar-refractivity contribution in [2.24, 2.45) is 0 Å². The highest BCUT2D eigenvalue weighted by Gasteiger charge is 2.10. The molecule has 0 N–H and O–H groups in total. The topological polar surface area (TPSA) is 40.6 Å². The van der Waals surface area contributed by atoms with Crippen LogP contribution in [0.25, 0.3) is 10.9 Å². The molecule has 3 aromatic rings. The van der Waals surface area contributed by atoms with E-state index in [1.807, 2.05) is 42.6 Å². The Kier molecular flexibility index (Phi) is 4.85. The van der Waals surface area contributed by atoms with Gasteiger partial charge in [0.25, 0.3) is 0 Å². The maximum Gasteiger partial charge on any atom is 0.160 e.